The van der Waals surface area contributed by atoms with E-state index in [9.17, 15) is 0 Å². The lowest BCUT2D eigenvalue weighted by Gasteiger charge is -2.62. The molecule has 1 aromatic carbocycles. The number of aryl methyl sites for hydroxylation is 2. The van der Waals surface area contributed by atoms with Crippen LogP contribution in [0.1, 0.15) is 152 Å². The van der Waals surface area contributed by atoms with Gasteiger partial charge in [0.2, 0.25) is 0 Å². The van der Waals surface area contributed by atoms with Crippen LogP contribution in [-0.4, -0.2) is 42.5 Å². The van der Waals surface area contributed by atoms with Gasteiger partial charge in [0.05, 0.1) is 0 Å². The van der Waals surface area contributed by atoms with E-state index in [2.05, 4.69) is 108 Å². The van der Waals surface area contributed by atoms with Gasteiger partial charge in [0.25, 0.3) is 0 Å². The van der Waals surface area contributed by atoms with Gasteiger partial charge in [0, 0.05) is 41.1 Å². The van der Waals surface area contributed by atoms with E-state index >= 15 is 0 Å². The highest BCUT2D eigenvalue weighted by Crippen LogP contribution is 2.67. The van der Waals surface area contributed by atoms with Crippen LogP contribution in [0.15, 0.2) is 30.3 Å². The Morgan fingerprint density at radius 1 is 0.558 bits per heavy atom. The van der Waals surface area contributed by atoms with Gasteiger partial charge in [-0.2, -0.15) is 42.2 Å². The Bertz CT molecular complexity index is 1680. The molecule has 0 saturated heterocycles. The molecule has 8 aliphatic carbocycles. The van der Waals surface area contributed by atoms with E-state index in [4.69, 9.17) is 10.2 Å². The van der Waals surface area contributed by atoms with Crippen molar-refractivity contribution in [3.05, 3.63) is 59.2 Å². The number of aromatic nitrogens is 6. The molecule has 8 bridgehead atoms. The molecule has 0 spiro atoms. The number of hydrogen-bond acceptors (Lipinski definition) is 4. The zero-order valence-corrected chi connectivity index (χ0v) is 37.5. The molecule has 4 heterocycles. The van der Waals surface area contributed by atoms with E-state index in [-0.39, 0.29) is 12.8 Å². The van der Waals surface area contributed by atoms with Crippen molar-refractivity contribution >= 4 is 66.8 Å². The number of halogens is 4. The summed E-state index contributed by atoms with van der Waals surface area (Å²) in [5.74, 6) is 8.86. The van der Waals surface area contributed by atoms with Gasteiger partial charge in [-0.1, -0.05) is 66.5 Å². The zero-order chi connectivity index (χ0) is 34.8. The molecule has 8 saturated carbocycles. The molecule has 10 aliphatic rings. The van der Waals surface area contributed by atoms with Crippen LogP contribution >= 0.6 is 58.1 Å². The molecule has 13 rings (SSSR count). The van der Waals surface area contributed by atoms with Gasteiger partial charge < -0.3 is 9.13 Å². The summed E-state index contributed by atoms with van der Waals surface area (Å²) in [4.78, 5) is 0. The highest BCUT2D eigenvalue weighted by molar-refractivity contribution is 9.69. The fourth-order valence-corrected chi connectivity index (χ4v) is 15.3. The van der Waals surface area contributed by atoms with Crippen LogP contribution in [0.2, 0.25) is 0 Å². The van der Waals surface area contributed by atoms with Crippen molar-refractivity contribution in [2.24, 2.45) is 23.7 Å². The maximum Gasteiger partial charge on any atom is 0.542 e. The van der Waals surface area contributed by atoms with Crippen LogP contribution < -0.4 is 0 Å². The molecule has 4 atom stereocenters. The average molecular weight is 981 g/mol. The van der Waals surface area contributed by atoms with E-state index in [1.165, 1.54) is 139 Å². The highest BCUT2D eigenvalue weighted by Gasteiger charge is 2.61. The fourth-order valence-electron chi connectivity index (χ4n) is 13.8. The fraction of sp³-hybridized carbons (Fsp3) is 0.756. The normalized spacial score (nSPS) is 37.6. The van der Waals surface area contributed by atoms with E-state index in [0.29, 0.717) is 15.2 Å². The summed E-state index contributed by atoms with van der Waals surface area (Å²) >= 11 is 13.9. The second kappa shape index (κ2) is 15.4. The number of nitrogens with zero attached hydrogens (tertiary/aromatic N) is 6. The summed E-state index contributed by atoms with van der Waals surface area (Å²) in [6, 6.07) is 11.4. The van der Waals surface area contributed by atoms with Crippen molar-refractivity contribution in [3.63, 3.8) is 0 Å². The molecule has 0 radical (unpaired) electrons. The standard InChI is InChI=1S/C23H29N3.C17H24BrN3.CH4.Al.3BrH/c1-3-7-19(8-4-1)22-12-17-11-18(13-22)15-23(14-17,16-22)21-25-24-20-9-5-2-6-10-26(20)21;18-17-9-12-6-13(10-17)8-16(7-12,11-17)15-20-19-14-4-2-1-3-5-21(14)15;;;;;/h1,3-4,7-8,17-18H,2,5-6,9-16H2;12-13H,1-11H2;1H4;;3*1H/q;;;+3;;;/p-3. The molecule has 6 nitrogen and oxygen atoms in total. The van der Waals surface area contributed by atoms with Crippen molar-refractivity contribution < 1.29 is 0 Å². The first-order valence-corrected chi connectivity index (χ1v) is 30.5. The quantitative estimate of drug-likeness (QED) is 0.194. The van der Waals surface area contributed by atoms with Crippen LogP contribution in [0.3, 0.4) is 0 Å². The number of alkyl halides is 1. The molecular formula is C41H57AlBr4N6. The SMILES string of the molecule is BrC12CC3CC(C1)CC(c1nnc4n1CCCCC4)(C3)C2.C.[Br][Al]([Br])[Br].c1ccc(C23CC4CC(C2)CC(c2nnc5n2CCCCC5)(C4)C3)cc1. The Labute approximate surface area is 345 Å². The number of hydrogen-bond donors (Lipinski definition) is 0. The van der Waals surface area contributed by atoms with Crippen molar-refractivity contribution in [2.75, 3.05) is 0 Å². The third-order valence-electron chi connectivity index (χ3n) is 14.6. The van der Waals surface area contributed by atoms with Crippen molar-refractivity contribution in [3.8, 4) is 0 Å². The second-order valence-electron chi connectivity index (χ2n) is 18.3. The summed E-state index contributed by atoms with van der Waals surface area (Å²) in [7, 11) is -0.701. The first-order chi connectivity index (χ1) is 24.7. The van der Waals surface area contributed by atoms with E-state index < -0.39 is 8.67 Å². The molecule has 11 heteroatoms. The monoisotopic (exact) mass is 976 g/mol. The molecule has 52 heavy (non-hydrogen) atoms. The van der Waals surface area contributed by atoms with Crippen LogP contribution in [0.25, 0.3) is 0 Å². The summed E-state index contributed by atoms with van der Waals surface area (Å²) in [5.41, 5.74) is 2.61. The van der Waals surface area contributed by atoms with E-state index in [1.807, 2.05) is 0 Å². The van der Waals surface area contributed by atoms with Crippen LogP contribution in [0.5, 0.6) is 0 Å². The first kappa shape index (κ1) is 38.8. The van der Waals surface area contributed by atoms with Gasteiger partial charge in [0.15, 0.2) is 0 Å². The zero-order valence-electron chi connectivity index (χ0n) is 30.0. The molecule has 4 unspecified atom stereocenters. The van der Waals surface area contributed by atoms with Crippen LogP contribution in [0, 0.1) is 23.7 Å². The van der Waals surface area contributed by atoms with Crippen LogP contribution in [0.4, 0.5) is 0 Å². The molecule has 3 aromatic rings. The topological polar surface area (TPSA) is 61.4 Å². The molecule has 8 fully saturated rings. The lowest BCUT2D eigenvalue weighted by atomic mass is 9.42. The summed E-state index contributed by atoms with van der Waals surface area (Å²) < 4.78 is 5.49. The maximum absolute atomic E-state index is 4.87. The van der Waals surface area contributed by atoms with Crippen LogP contribution in [-0.2, 0) is 42.2 Å². The average Bonchev–Trinajstić information content (AvgIpc) is 3.51. The maximum atomic E-state index is 4.87. The van der Waals surface area contributed by atoms with E-state index in [1.54, 1.807) is 5.56 Å². The smallest absolute Gasteiger partial charge is 0.315 e. The molecule has 2 aromatic heterocycles. The van der Waals surface area contributed by atoms with Gasteiger partial charge in [-0.25, -0.2) is 0 Å². The first-order valence-electron chi connectivity index (χ1n) is 20.2. The van der Waals surface area contributed by atoms with Gasteiger partial charge in [-0.3, -0.25) is 0 Å². The van der Waals surface area contributed by atoms with Crippen molar-refractivity contribution in [1.29, 1.82) is 0 Å². The highest BCUT2D eigenvalue weighted by atomic mass is 80.0. The van der Waals surface area contributed by atoms with E-state index in [0.717, 1.165) is 49.6 Å². The Balaban J connectivity index is 0.000000135. The van der Waals surface area contributed by atoms with Gasteiger partial charge in [0.1, 0.15) is 23.3 Å². The predicted molar refractivity (Wildman–Crippen MR) is 227 cm³/mol. The van der Waals surface area contributed by atoms with Gasteiger partial charge in [-0.05, 0) is 137 Å². The second-order valence-corrected chi connectivity index (χ2v) is 39.8. The molecular weight excluding hydrogens is 923 g/mol. The minimum Gasteiger partial charge on any atom is -0.315 e. The molecule has 0 N–H and O–H groups in total. The third kappa shape index (κ3) is 7.31. The Hall–Kier alpha value is -0.0475. The molecule has 0 amide bonds. The lowest BCUT2D eigenvalue weighted by molar-refractivity contribution is -0.0335. The summed E-state index contributed by atoms with van der Waals surface area (Å²) in [6.07, 6.45) is 26.7. The third-order valence-corrected chi connectivity index (χ3v) is 15.5. The van der Waals surface area contributed by atoms with Gasteiger partial charge >= 0.3 is 8.67 Å². The Kier molecular flexibility index (Phi) is 11.5. The Morgan fingerprint density at radius 3 is 1.48 bits per heavy atom. The Morgan fingerprint density at radius 2 is 1.00 bits per heavy atom. The molecule has 2 aliphatic heterocycles. The number of benzene rings is 1. The molecule has 282 valence electrons. The summed E-state index contributed by atoms with van der Waals surface area (Å²) in [6.45, 7) is 2.30. The largest absolute Gasteiger partial charge is 0.542 e. The number of fused-ring (bicyclic) bond motifs is 2. The number of rotatable bonds is 3. The van der Waals surface area contributed by atoms with Gasteiger partial charge in [-0.15, -0.1) is 20.4 Å². The minimum atomic E-state index is -0.701. The van der Waals surface area contributed by atoms with Crippen molar-refractivity contribution in [2.45, 2.75) is 170 Å². The predicted octanol–water partition coefficient (Wildman–Crippen LogP) is 11.6. The lowest BCUT2D eigenvalue weighted by Crippen LogP contribution is -2.56. The minimum absolute atomic E-state index is 0. The summed E-state index contributed by atoms with van der Waals surface area (Å²) in [5, 5.41) is 18.9. The van der Waals surface area contributed by atoms with Crippen molar-refractivity contribution in [1.82, 2.24) is 29.5 Å².